The molecular weight excluding hydrogens is 645 g/mol. The van der Waals surface area contributed by atoms with Crippen molar-refractivity contribution >= 4 is 34.4 Å². The van der Waals surface area contributed by atoms with Crippen molar-refractivity contribution in [1.29, 1.82) is 0 Å². The molecule has 1 aromatic carbocycles. The van der Waals surface area contributed by atoms with Gasteiger partial charge in [0.15, 0.2) is 22.4 Å². The Hall–Kier alpha value is -2.60. The van der Waals surface area contributed by atoms with Gasteiger partial charge < -0.3 is 28.5 Å². The van der Waals surface area contributed by atoms with Crippen molar-refractivity contribution in [3.8, 4) is 12.3 Å². The van der Waals surface area contributed by atoms with Crippen LogP contribution in [0.1, 0.15) is 63.7 Å². The number of hydrogen-bond donors (Lipinski definition) is 2. The minimum atomic E-state index is -2.60. The van der Waals surface area contributed by atoms with Crippen LogP contribution in [0.3, 0.4) is 0 Å². The van der Waals surface area contributed by atoms with E-state index in [9.17, 15) is 19.8 Å². The number of rotatable bonds is 3. The van der Waals surface area contributed by atoms with Crippen LogP contribution in [0, 0.1) is 35.0 Å². The molecule has 4 aliphatic carbocycles. The topological polar surface area (TPSA) is 129 Å². The molecule has 1 saturated heterocycles. The number of hydrogen-bond acceptors (Lipinski definition) is 9. The number of ether oxygens (including phenoxy) is 2. The van der Waals surface area contributed by atoms with E-state index in [0.29, 0.717) is 30.4 Å². The first-order valence-corrected chi connectivity index (χ1v) is 23.4. The van der Waals surface area contributed by atoms with E-state index in [4.69, 9.17) is 24.7 Å². The second-order valence-corrected chi connectivity index (χ2v) is 25.0. The number of Topliss-reactive ketones (excluding diaryl/α,β-unsaturated/α-hetero) is 1. The molecule has 1 heterocycles. The maximum atomic E-state index is 15.8. The fraction of sp³-hybridized carbons (Fsp3) is 0.649. The fourth-order valence-corrected chi connectivity index (χ4v) is 16.8. The maximum absolute atomic E-state index is 15.8. The Morgan fingerprint density at radius 2 is 1.69 bits per heavy atom. The van der Waals surface area contributed by atoms with Gasteiger partial charge in [-0.1, -0.05) is 24.1 Å². The van der Waals surface area contributed by atoms with Gasteiger partial charge in [-0.3, -0.25) is 9.59 Å². The molecule has 0 aromatic heterocycles. The van der Waals surface area contributed by atoms with Gasteiger partial charge in [0.2, 0.25) is 0 Å². The predicted octanol–water partition coefficient (Wildman–Crippen LogP) is 5.18. The first-order valence-electron chi connectivity index (χ1n) is 17.2. The third-order valence-corrected chi connectivity index (χ3v) is 17.9. The molecule has 1 aromatic rings. The Labute approximate surface area is 286 Å². The molecule has 4 fully saturated rings. The highest BCUT2D eigenvalue weighted by Gasteiger charge is 2.78. The van der Waals surface area contributed by atoms with Crippen molar-refractivity contribution in [3.63, 3.8) is 0 Å². The molecule has 0 radical (unpaired) electrons. The van der Waals surface area contributed by atoms with Gasteiger partial charge >= 0.3 is 11.9 Å². The summed E-state index contributed by atoms with van der Waals surface area (Å²) >= 11 is 0. The number of ketones is 1. The molecule has 5 aliphatic rings. The van der Waals surface area contributed by atoms with Crippen LogP contribution in [0.4, 0.5) is 0 Å². The lowest BCUT2D eigenvalue weighted by molar-refractivity contribution is -0.291. The Bertz CT molecular complexity index is 1600. The summed E-state index contributed by atoms with van der Waals surface area (Å²) in [5.74, 6) is -0.0260. The van der Waals surface area contributed by atoms with Gasteiger partial charge in [0, 0.05) is 19.3 Å². The molecule has 9 nitrogen and oxygen atoms in total. The SMILES string of the molecule is C#C[C@@]1(C)C2=C(C)[C@@H](O)C[C@@]1(O)[C@@H](OC(=O)c1ccccc1)[C@@H]1[C@]3(OC(C)=O)CC[C@@H]3C[C@@H]3O[Si](C)(C)CC[Si](C)(C)O[C@H]2C(=O)[C@]31C. The maximum Gasteiger partial charge on any atom is 0.338 e. The van der Waals surface area contributed by atoms with Crippen LogP contribution in [0.5, 0.6) is 0 Å². The number of aliphatic hydroxyl groups is 2. The normalized spacial score (nSPS) is 42.9. The minimum Gasteiger partial charge on any atom is -0.458 e. The van der Waals surface area contributed by atoms with E-state index in [1.54, 1.807) is 44.2 Å². The number of esters is 2. The zero-order chi connectivity index (χ0) is 35.2. The van der Waals surface area contributed by atoms with Gasteiger partial charge in [-0.2, -0.15) is 0 Å². The highest BCUT2D eigenvalue weighted by atomic mass is 28.4. The average molecular weight is 695 g/mol. The predicted molar refractivity (Wildman–Crippen MR) is 184 cm³/mol. The largest absolute Gasteiger partial charge is 0.458 e. The first-order chi connectivity index (χ1) is 22.3. The monoisotopic (exact) mass is 694 g/mol. The molecule has 4 bridgehead atoms. The molecule has 3 saturated carbocycles. The van der Waals surface area contributed by atoms with Gasteiger partial charge in [0.1, 0.15) is 23.4 Å². The lowest BCUT2D eigenvalue weighted by atomic mass is 9.40. The number of carbonyl (C=O) groups is 3. The van der Waals surface area contributed by atoms with Crippen LogP contribution >= 0.6 is 0 Å². The van der Waals surface area contributed by atoms with Crippen molar-refractivity contribution in [2.45, 2.75) is 127 Å². The summed E-state index contributed by atoms with van der Waals surface area (Å²) in [5, 5.41) is 25.1. The molecule has 0 unspecified atom stereocenters. The summed E-state index contributed by atoms with van der Waals surface area (Å²) in [6.07, 6.45) is 3.17. The molecule has 260 valence electrons. The van der Waals surface area contributed by atoms with Crippen LogP contribution in [0.15, 0.2) is 41.5 Å². The summed E-state index contributed by atoms with van der Waals surface area (Å²) in [5.41, 5.74) is -5.40. The van der Waals surface area contributed by atoms with Crippen LogP contribution in [0.2, 0.25) is 38.3 Å². The number of terminal acetylenes is 1. The summed E-state index contributed by atoms with van der Waals surface area (Å²) in [6.45, 7) is 15.0. The van der Waals surface area contributed by atoms with Crippen molar-refractivity contribution < 1.29 is 42.9 Å². The Morgan fingerprint density at radius 1 is 1.06 bits per heavy atom. The summed E-state index contributed by atoms with van der Waals surface area (Å²) < 4.78 is 27.1. The van der Waals surface area contributed by atoms with Crippen molar-refractivity contribution in [2.24, 2.45) is 22.7 Å². The van der Waals surface area contributed by atoms with Crippen molar-refractivity contribution in [2.75, 3.05) is 0 Å². The molecule has 6 rings (SSSR count). The minimum absolute atomic E-state index is 0.224. The molecule has 2 N–H and O–H groups in total. The summed E-state index contributed by atoms with van der Waals surface area (Å²) in [4.78, 5) is 42.9. The molecule has 10 atom stereocenters. The Morgan fingerprint density at radius 3 is 2.25 bits per heavy atom. The second-order valence-electron chi connectivity index (χ2n) is 16.5. The number of benzene rings is 1. The molecular formula is C37H50O9Si2. The van der Waals surface area contributed by atoms with Crippen LogP contribution in [0.25, 0.3) is 0 Å². The average Bonchev–Trinajstić information content (AvgIpc) is 3.01. The highest BCUT2D eigenvalue weighted by molar-refractivity contribution is 6.76. The van der Waals surface area contributed by atoms with Crippen LogP contribution < -0.4 is 0 Å². The standard InChI is InChI=1S/C37H50O9Si2/c1-10-34(4)28-22(2)26(39)21-37(34,42)32(43-33(41)24-14-12-11-13-15-24)30-35(5)27(20-25-16-17-36(25,30)44-23(3)38)45-47(6,7)18-19-48(8,9)46-29(28)31(35)40/h1,11-15,25-27,29-30,32,39,42H,16-21H2,2-9H3/t25-,26+,27+,29-,30+,32+,34+,35-,36+,37-/m1/s1. The second kappa shape index (κ2) is 11.5. The van der Waals surface area contributed by atoms with E-state index < -0.39 is 80.9 Å². The summed E-state index contributed by atoms with van der Waals surface area (Å²) in [7, 11) is -5.02. The Balaban J connectivity index is 1.72. The lowest BCUT2D eigenvalue weighted by Gasteiger charge is -2.69. The molecule has 0 spiro atoms. The number of carbonyl (C=O) groups excluding carboxylic acids is 3. The third-order valence-electron chi connectivity index (χ3n) is 12.6. The van der Waals surface area contributed by atoms with E-state index in [1.807, 2.05) is 6.92 Å². The van der Waals surface area contributed by atoms with Gasteiger partial charge in [-0.25, -0.2) is 4.79 Å². The number of aliphatic hydroxyl groups excluding tert-OH is 1. The van der Waals surface area contributed by atoms with Gasteiger partial charge in [0.25, 0.3) is 0 Å². The number of fused-ring (bicyclic) bond motifs is 6. The van der Waals surface area contributed by atoms with E-state index in [0.717, 1.165) is 12.1 Å². The van der Waals surface area contributed by atoms with Crippen molar-refractivity contribution in [1.82, 2.24) is 0 Å². The van der Waals surface area contributed by atoms with Gasteiger partial charge in [-0.05, 0) is 102 Å². The fourth-order valence-electron chi connectivity index (χ4n) is 9.77. The molecule has 11 heteroatoms. The van der Waals surface area contributed by atoms with E-state index >= 15 is 4.79 Å². The van der Waals surface area contributed by atoms with Crippen LogP contribution in [-0.2, 0) is 27.9 Å². The zero-order valence-electron chi connectivity index (χ0n) is 29.4. The molecule has 48 heavy (non-hydrogen) atoms. The molecule has 1 aliphatic heterocycles. The first kappa shape index (κ1) is 35.2. The van der Waals surface area contributed by atoms with Crippen LogP contribution in [-0.4, -0.2) is 80.2 Å². The quantitative estimate of drug-likeness (QED) is 0.190. The summed E-state index contributed by atoms with van der Waals surface area (Å²) in [6, 6.07) is 10.00. The van der Waals surface area contributed by atoms with E-state index in [2.05, 4.69) is 32.1 Å². The van der Waals surface area contributed by atoms with Crippen molar-refractivity contribution in [3.05, 3.63) is 47.0 Å². The smallest absolute Gasteiger partial charge is 0.338 e. The van der Waals surface area contributed by atoms with E-state index in [-0.39, 0.29) is 23.7 Å². The van der Waals surface area contributed by atoms with Gasteiger partial charge in [0.05, 0.1) is 34.5 Å². The Kier molecular flexibility index (Phi) is 8.42. The third kappa shape index (κ3) is 5.04. The lowest BCUT2D eigenvalue weighted by Crippen LogP contribution is -2.79. The molecule has 0 amide bonds. The van der Waals surface area contributed by atoms with E-state index in [1.165, 1.54) is 6.92 Å². The zero-order valence-corrected chi connectivity index (χ0v) is 31.4. The van der Waals surface area contributed by atoms with Gasteiger partial charge in [-0.15, -0.1) is 6.42 Å². The highest BCUT2D eigenvalue weighted by Crippen LogP contribution is 2.68.